The number of rotatable bonds is 1. The quantitative estimate of drug-likeness (QED) is 0.345. The highest BCUT2D eigenvalue weighted by molar-refractivity contribution is 6.30. The van der Waals surface area contributed by atoms with E-state index in [1.807, 2.05) is 5.38 Å². The molecule has 1 unspecified atom stereocenters. The van der Waals surface area contributed by atoms with Crippen LogP contribution in [0.15, 0.2) is 0 Å². The van der Waals surface area contributed by atoms with Crippen LogP contribution >= 0.6 is 11.6 Å². The molecule has 6 heteroatoms. The van der Waals surface area contributed by atoms with E-state index in [-0.39, 0.29) is 0 Å². The molecular formula is C7H8BClO4. The molecule has 0 aromatic rings. The molecule has 0 aromatic heterocycles. The zero-order chi connectivity index (χ0) is 10.1. The second kappa shape index (κ2) is 3.87. The molecule has 0 spiro atoms. The lowest BCUT2D eigenvalue weighted by molar-refractivity contribution is -0.0238. The van der Waals surface area contributed by atoms with Gasteiger partial charge in [0.25, 0.3) is 0 Å². The molecule has 0 aromatic carbocycles. The fraction of sp³-hybridized carbons (Fsp3) is 0.714. The van der Waals surface area contributed by atoms with Crippen molar-refractivity contribution in [1.82, 2.24) is 0 Å². The molecule has 1 rings (SSSR count). The van der Waals surface area contributed by atoms with Crippen molar-refractivity contribution < 1.29 is 20.1 Å². The number of ether oxygens (including phenoxy) is 1. The van der Waals surface area contributed by atoms with Crippen LogP contribution in [0.25, 0.3) is 0 Å². The van der Waals surface area contributed by atoms with Gasteiger partial charge in [0.1, 0.15) is 20.1 Å². The van der Waals surface area contributed by atoms with Crippen LogP contribution in [-0.2, 0) is 4.74 Å². The Kier molecular flexibility index (Phi) is 3.22. The third-order valence-electron chi connectivity index (χ3n) is 1.99. The molecule has 4 atom stereocenters. The lowest BCUT2D eigenvalue weighted by atomic mass is 9.81. The summed E-state index contributed by atoms with van der Waals surface area (Å²) in [6.45, 7) is -0.443. The van der Waals surface area contributed by atoms with Crippen LogP contribution in [0.1, 0.15) is 0 Å². The number of aliphatic hydroxyl groups excluding tert-OH is 2. The van der Waals surface area contributed by atoms with Gasteiger partial charge in [0.2, 0.25) is 0 Å². The van der Waals surface area contributed by atoms with Crippen LogP contribution in [0.3, 0.4) is 0 Å². The Morgan fingerprint density at radius 2 is 2.23 bits per heavy atom. The summed E-state index contributed by atoms with van der Waals surface area (Å²) >= 11 is 5.09. The van der Waals surface area contributed by atoms with Crippen molar-refractivity contribution in [3.63, 3.8) is 0 Å². The normalized spacial score (nSPS) is 44.2. The molecule has 13 heavy (non-hydrogen) atoms. The van der Waals surface area contributed by atoms with Gasteiger partial charge in [0.05, 0.1) is 12.6 Å². The molecule has 0 bridgehead atoms. The first kappa shape index (κ1) is 10.8. The Hall–Kier alpha value is -0.245. The highest BCUT2D eigenvalue weighted by Crippen LogP contribution is 2.28. The van der Waals surface area contributed by atoms with Gasteiger partial charge in [-0.3, -0.25) is 0 Å². The largest absolute Gasteiger partial charge is 0.394 e. The van der Waals surface area contributed by atoms with Crippen LogP contribution in [0, 0.1) is 11.3 Å². The minimum absolute atomic E-state index is 0.443. The van der Waals surface area contributed by atoms with E-state index >= 15 is 0 Å². The Morgan fingerprint density at radius 1 is 1.62 bits per heavy atom. The molecule has 1 heterocycles. The smallest absolute Gasteiger partial charge is 0.172 e. The minimum Gasteiger partial charge on any atom is -0.394 e. The highest BCUT2D eigenvalue weighted by atomic mass is 35.5. The lowest BCUT2D eigenvalue weighted by Gasteiger charge is -2.23. The maximum atomic E-state index is 9.66. The molecule has 0 amide bonds. The van der Waals surface area contributed by atoms with Gasteiger partial charge in [-0.2, -0.15) is 0 Å². The summed E-state index contributed by atoms with van der Waals surface area (Å²) in [5.41, 5.74) is -1.91. The molecular weight excluding hydrogens is 194 g/mol. The number of halogens is 1. The molecule has 1 saturated heterocycles. The van der Waals surface area contributed by atoms with Crippen LogP contribution < -0.4 is 0 Å². The highest BCUT2D eigenvalue weighted by Gasteiger charge is 2.51. The topological polar surface area (TPSA) is 69.9 Å². The van der Waals surface area contributed by atoms with E-state index in [2.05, 4.69) is 5.92 Å². The van der Waals surface area contributed by atoms with E-state index in [4.69, 9.17) is 29.3 Å². The van der Waals surface area contributed by atoms with Gasteiger partial charge in [-0.1, -0.05) is 0 Å². The zero-order valence-corrected chi connectivity index (χ0v) is 7.40. The van der Waals surface area contributed by atoms with Gasteiger partial charge < -0.3 is 20.1 Å². The van der Waals surface area contributed by atoms with Gasteiger partial charge in [0.15, 0.2) is 5.60 Å². The van der Waals surface area contributed by atoms with E-state index in [0.717, 1.165) is 0 Å². The van der Waals surface area contributed by atoms with Crippen molar-refractivity contribution in [2.75, 3.05) is 6.61 Å². The maximum Gasteiger partial charge on any atom is 0.172 e. The van der Waals surface area contributed by atoms with Gasteiger partial charge in [0, 0.05) is 5.38 Å². The predicted octanol–water partition coefficient (Wildman–Crippen LogP) is -1.84. The lowest BCUT2D eigenvalue weighted by Crippen LogP contribution is -2.47. The van der Waals surface area contributed by atoms with Crippen molar-refractivity contribution in [3.05, 3.63) is 0 Å². The first-order valence-corrected chi connectivity index (χ1v) is 3.99. The number of hydrogen-bond donors (Lipinski definition) is 3. The standard InChI is InChI=1S/C7H8BClO4/c8-6-7(12,1-2-9)5(11)4(3-10)13-6/h4-6,10-12H,3H2/t4-,5?,6-,7-/m1/s1. The van der Waals surface area contributed by atoms with Gasteiger partial charge in [-0.05, 0) is 17.5 Å². The molecule has 1 aliphatic rings. The summed E-state index contributed by atoms with van der Waals surface area (Å²) in [4.78, 5) is 0. The fourth-order valence-corrected chi connectivity index (χ4v) is 1.33. The maximum absolute atomic E-state index is 9.66. The Morgan fingerprint density at radius 3 is 2.62 bits per heavy atom. The Labute approximate surface area is 81.9 Å². The van der Waals surface area contributed by atoms with Crippen LogP contribution in [0.4, 0.5) is 0 Å². The summed E-state index contributed by atoms with van der Waals surface area (Å²) in [6, 6.07) is -1.18. The van der Waals surface area contributed by atoms with Crippen LogP contribution in [0.2, 0.25) is 0 Å². The molecule has 2 radical (unpaired) electrons. The molecule has 1 fully saturated rings. The van der Waals surface area contributed by atoms with Crippen molar-refractivity contribution in [2.24, 2.45) is 0 Å². The van der Waals surface area contributed by atoms with E-state index in [9.17, 15) is 10.2 Å². The molecule has 4 nitrogen and oxygen atoms in total. The van der Waals surface area contributed by atoms with Crippen molar-refractivity contribution in [3.8, 4) is 11.3 Å². The van der Waals surface area contributed by atoms with Crippen molar-refractivity contribution in [1.29, 1.82) is 0 Å². The Balaban J connectivity index is 2.90. The summed E-state index contributed by atoms with van der Waals surface area (Å²) in [5.74, 6) is 2.14. The molecule has 0 saturated carbocycles. The molecule has 1 aliphatic heterocycles. The third kappa shape index (κ3) is 1.69. The molecule has 70 valence electrons. The van der Waals surface area contributed by atoms with Gasteiger partial charge >= 0.3 is 0 Å². The van der Waals surface area contributed by atoms with E-state index in [1.54, 1.807) is 0 Å². The molecule has 0 aliphatic carbocycles. The minimum atomic E-state index is -1.91. The first-order chi connectivity index (χ1) is 6.06. The van der Waals surface area contributed by atoms with Crippen LogP contribution in [-0.4, -0.2) is 53.6 Å². The van der Waals surface area contributed by atoms with E-state index in [0.29, 0.717) is 0 Å². The van der Waals surface area contributed by atoms with E-state index in [1.165, 1.54) is 0 Å². The number of aliphatic hydroxyl groups is 3. The zero-order valence-electron chi connectivity index (χ0n) is 6.64. The summed E-state index contributed by atoms with van der Waals surface area (Å²) < 4.78 is 4.86. The molecule has 3 N–H and O–H groups in total. The second-order valence-corrected chi connectivity index (χ2v) is 2.96. The fourth-order valence-electron chi connectivity index (χ4n) is 1.18. The summed E-state index contributed by atoms with van der Waals surface area (Å²) in [6.07, 6.45) is -2.30. The summed E-state index contributed by atoms with van der Waals surface area (Å²) in [7, 11) is 5.35. The third-order valence-corrected chi connectivity index (χ3v) is 2.08. The first-order valence-electron chi connectivity index (χ1n) is 3.61. The van der Waals surface area contributed by atoms with E-state index < -0.39 is 30.4 Å². The van der Waals surface area contributed by atoms with Crippen molar-refractivity contribution >= 4 is 19.4 Å². The average molecular weight is 202 g/mol. The Bertz CT molecular complexity index is 251. The summed E-state index contributed by atoms with van der Waals surface area (Å²) in [5, 5.41) is 29.7. The van der Waals surface area contributed by atoms with Crippen molar-refractivity contribution in [2.45, 2.75) is 23.8 Å². The SMILES string of the molecule is [B][C@@H]1O[C@H](CO)C(O)[C@]1(O)C#CCl. The number of hydrogen-bond acceptors (Lipinski definition) is 4. The second-order valence-electron chi connectivity index (χ2n) is 2.77. The average Bonchev–Trinajstić information content (AvgIpc) is 2.31. The predicted molar refractivity (Wildman–Crippen MR) is 46.1 cm³/mol. The van der Waals surface area contributed by atoms with Crippen LogP contribution in [0.5, 0.6) is 0 Å². The van der Waals surface area contributed by atoms with Gasteiger partial charge in [-0.25, -0.2) is 0 Å². The van der Waals surface area contributed by atoms with Gasteiger partial charge in [-0.15, -0.1) is 0 Å². The monoisotopic (exact) mass is 202 g/mol.